The quantitative estimate of drug-likeness (QED) is 0.454. The molecular formula is C26H39N3O2S. The van der Waals surface area contributed by atoms with Crippen LogP contribution in [0.15, 0.2) is 47.2 Å². The normalized spacial score (nSPS) is 11.3. The third-order valence-corrected chi connectivity index (χ3v) is 7.89. The number of benzene rings is 1. The standard InChI is InChI=1S/C18H17N3O.C6H16OS.C2H6/c1-3-18-19-10-11-21(18)13-16-12-17(22-20-16)9-8-15-6-4-14(2)5-7-15;1-6(2,3)8(4,5)7;1-2/h4-7,10-12H,3,13H2,1-2H3;7H,1-5H3;1-2H3. The molecule has 176 valence electrons. The molecule has 0 atom stereocenters. The van der Waals surface area contributed by atoms with Crippen molar-refractivity contribution in [1.29, 1.82) is 0 Å². The second-order valence-electron chi connectivity index (χ2n) is 8.51. The predicted octanol–water partition coefficient (Wildman–Crippen LogP) is 6.54. The van der Waals surface area contributed by atoms with Gasteiger partial charge >= 0.3 is 0 Å². The van der Waals surface area contributed by atoms with E-state index in [1.165, 1.54) is 5.56 Å². The van der Waals surface area contributed by atoms with Gasteiger partial charge in [-0.15, -0.1) is 10.3 Å². The predicted molar refractivity (Wildman–Crippen MR) is 138 cm³/mol. The van der Waals surface area contributed by atoms with Gasteiger partial charge in [0.15, 0.2) is 0 Å². The highest BCUT2D eigenvalue weighted by molar-refractivity contribution is 8.29. The van der Waals surface area contributed by atoms with E-state index in [4.69, 9.17) is 4.52 Å². The van der Waals surface area contributed by atoms with Crippen molar-refractivity contribution < 1.29 is 9.08 Å². The molecule has 0 spiro atoms. The van der Waals surface area contributed by atoms with Crippen molar-refractivity contribution >= 4 is 10.3 Å². The van der Waals surface area contributed by atoms with Crippen LogP contribution in [0.2, 0.25) is 0 Å². The van der Waals surface area contributed by atoms with Crippen LogP contribution >= 0.6 is 10.3 Å². The minimum Gasteiger partial charge on any atom is -0.352 e. The Morgan fingerprint density at radius 2 is 1.69 bits per heavy atom. The highest BCUT2D eigenvalue weighted by Gasteiger charge is 2.24. The molecule has 0 aliphatic rings. The molecule has 5 nitrogen and oxygen atoms in total. The van der Waals surface area contributed by atoms with Crippen LogP contribution in [0.3, 0.4) is 0 Å². The van der Waals surface area contributed by atoms with E-state index in [-0.39, 0.29) is 4.75 Å². The fraction of sp³-hybridized carbons (Fsp3) is 0.462. The van der Waals surface area contributed by atoms with Crippen LogP contribution in [-0.4, -0.2) is 36.5 Å². The molecule has 0 aliphatic heterocycles. The van der Waals surface area contributed by atoms with Gasteiger partial charge in [-0.2, -0.15) is 0 Å². The number of aromatic nitrogens is 3. The molecule has 0 radical (unpaired) electrons. The van der Waals surface area contributed by atoms with Gasteiger partial charge < -0.3 is 13.6 Å². The van der Waals surface area contributed by atoms with Gasteiger partial charge in [0.25, 0.3) is 0 Å². The molecule has 0 unspecified atom stereocenters. The van der Waals surface area contributed by atoms with Crippen LogP contribution in [0.5, 0.6) is 0 Å². The zero-order valence-corrected chi connectivity index (χ0v) is 21.9. The second kappa shape index (κ2) is 12.5. The summed E-state index contributed by atoms with van der Waals surface area (Å²) < 4.78 is 16.9. The molecular weight excluding hydrogens is 418 g/mol. The van der Waals surface area contributed by atoms with Crippen LogP contribution in [-0.2, 0) is 13.0 Å². The lowest BCUT2D eigenvalue weighted by Crippen LogP contribution is -2.21. The maximum Gasteiger partial charge on any atom is 0.210 e. The summed E-state index contributed by atoms with van der Waals surface area (Å²) in [4.78, 5) is 4.30. The molecule has 0 aliphatic carbocycles. The number of nitrogens with zero attached hydrogens (tertiary/aromatic N) is 3. The smallest absolute Gasteiger partial charge is 0.210 e. The lowest BCUT2D eigenvalue weighted by atomic mass is 10.1. The fourth-order valence-corrected chi connectivity index (χ4v) is 2.19. The molecule has 2 aromatic heterocycles. The van der Waals surface area contributed by atoms with Crippen molar-refractivity contribution in [1.82, 2.24) is 14.7 Å². The molecule has 3 rings (SSSR count). The maximum atomic E-state index is 9.44. The maximum absolute atomic E-state index is 9.44. The molecule has 0 saturated heterocycles. The van der Waals surface area contributed by atoms with Gasteiger partial charge in [-0.1, -0.05) is 70.3 Å². The summed E-state index contributed by atoms with van der Waals surface area (Å²) in [7, 11) is -1.34. The average molecular weight is 458 g/mol. The summed E-state index contributed by atoms with van der Waals surface area (Å²) in [6.07, 6.45) is 8.47. The first-order valence-electron chi connectivity index (χ1n) is 11.0. The van der Waals surface area contributed by atoms with E-state index in [9.17, 15) is 4.55 Å². The molecule has 0 amide bonds. The fourth-order valence-electron chi connectivity index (χ4n) is 2.19. The zero-order chi connectivity index (χ0) is 24.4. The minimum atomic E-state index is -1.34. The number of aryl methyl sites for hydroxylation is 2. The largest absolute Gasteiger partial charge is 0.352 e. The molecule has 1 aromatic carbocycles. The van der Waals surface area contributed by atoms with E-state index >= 15 is 0 Å². The van der Waals surface area contributed by atoms with Gasteiger partial charge in [0.2, 0.25) is 5.76 Å². The van der Waals surface area contributed by atoms with Crippen LogP contribution in [0.1, 0.15) is 69.9 Å². The first-order valence-corrected chi connectivity index (χ1v) is 13.4. The molecule has 0 fully saturated rings. The van der Waals surface area contributed by atoms with Crippen molar-refractivity contribution in [3.63, 3.8) is 0 Å². The Hall–Kier alpha value is -2.49. The van der Waals surface area contributed by atoms with Crippen molar-refractivity contribution in [2.24, 2.45) is 0 Å². The number of imidazole rings is 1. The molecule has 6 heteroatoms. The summed E-state index contributed by atoms with van der Waals surface area (Å²) in [5.41, 5.74) is 3.03. The van der Waals surface area contributed by atoms with Crippen LogP contribution in [0, 0.1) is 18.8 Å². The monoisotopic (exact) mass is 457 g/mol. The Balaban J connectivity index is 0.000000436. The van der Waals surface area contributed by atoms with Crippen molar-refractivity contribution in [2.45, 2.75) is 66.2 Å². The second-order valence-corrected chi connectivity index (χ2v) is 12.3. The zero-order valence-electron chi connectivity index (χ0n) is 21.1. The van der Waals surface area contributed by atoms with E-state index < -0.39 is 10.3 Å². The molecule has 1 N–H and O–H groups in total. The summed E-state index contributed by atoms with van der Waals surface area (Å²) in [6, 6.07) is 9.96. The highest BCUT2D eigenvalue weighted by Crippen LogP contribution is 2.48. The molecule has 3 aromatic rings. The molecule has 32 heavy (non-hydrogen) atoms. The average Bonchev–Trinajstić information content (AvgIpc) is 3.37. The Kier molecular flexibility index (Phi) is 10.8. The molecule has 0 saturated carbocycles. The van der Waals surface area contributed by atoms with Crippen molar-refractivity contribution in [3.05, 3.63) is 71.1 Å². The van der Waals surface area contributed by atoms with Crippen molar-refractivity contribution in [3.8, 4) is 11.8 Å². The SMILES string of the molecule is CC.CC(C)(C)S(C)(C)O.CCc1nccn1Cc1cc(C#Cc2ccc(C)cc2)on1. The van der Waals surface area contributed by atoms with E-state index in [0.717, 1.165) is 23.5 Å². The van der Waals surface area contributed by atoms with Gasteiger partial charge in [0.05, 0.1) is 6.54 Å². The Bertz CT molecular complexity index is 983. The lowest BCUT2D eigenvalue weighted by Gasteiger charge is -2.38. The number of hydrogen-bond donors (Lipinski definition) is 1. The van der Waals surface area contributed by atoms with Gasteiger partial charge in [-0.05, 0) is 37.5 Å². The minimum absolute atomic E-state index is 0.0764. The molecule has 0 bridgehead atoms. The first kappa shape index (κ1) is 27.5. The Labute approximate surface area is 195 Å². The molecule has 2 heterocycles. The van der Waals surface area contributed by atoms with E-state index in [2.05, 4.69) is 61.2 Å². The lowest BCUT2D eigenvalue weighted by molar-refractivity contribution is 0.401. The third-order valence-electron chi connectivity index (χ3n) is 4.89. The Morgan fingerprint density at radius 3 is 2.22 bits per heavy atom. The van der Waals surface area contributed by atoms with Gasteiger partial charge in [-0.25, -0.2) is 4.98 Å². The van der Waals surface area contributed by atoms with Crippen LogP contribution in [0.25, 0.3) is 0 Å². The van der Waals surface area contributed by atoms with E-state index in [1.54, 1.807) is 6.20 Å². The Morgan fingerprint density at radius 1 is 1.09 bits per heavy atom. The van der Waals surface area contributed by atoms with E-state index in [1.807, 2.05) is 62.9 Å². The number of hydrogen-bond acceptors (Lipinski definition) is 4. The van der Waals surface area contributed by atoms with Crippen molar-refractivity contribution in [2.75, 3.05) is 12.5 Å². The summed E-state index contributed by atoms with van der Waals surface area (Å²) >= 11 is 0. The topological polar surface area (TPSA) is 64.1 Å². The highest BCUT2D eigenvalue weighted by atomic mass is 32.3. The first-order chi connectivity index (χ1) is 15.0. The van der Waals surface area contributed by atoms with Gasteiger partial charge in [0.1, 0.15) is 11.5 Å². The number of rotatable bonds is 3. The van der Waals surface area contributed by atoms with Crippen LogP contribution < -0.4 is 0 Å². The van der Waals surface area contributed by atoms with Gasteiger partial charge in [0, 0.05) is 35.2 Å². The van der Waals surface area contributed by atoms with Crippen LogP contribution in [0.4, 0.5) is 0 Å². The summed E-state index contributed by atoms with van der Waals surface area (Å²) in [6.45, 7) is 15.0. The summed E-state index contributed by atoms with van der Waals surface area (Å²) in [5.74, 6) is 7.70. The summed E-state index contributed by atoms with van der Waals surface area (Å²) in [5, 5.41) is 4.07. The van der Waals surface area contributed by atoms with Gasteiger partial charge in [-0.3, -0.25) is 0 Å². The third kappa shape index (κ3) is 8.94. The van der Waals surface area contributed by atoms with E-state index in [0.29, 0.717) is 12.3 Å².